The molecule has 1 amide bonds. The zero-order valence-corrected chi connectivity index (χ0v) is 20.0. The molecular weight excluding hydrogens is 448 g/mol. The smallest absolute Gasteiger partial charge is 0.409 e. The molecule has 0 bridgehead atoms. The second-order valence-corrected chi connectivity index (χ2v) is 8.63. The Labute approximate surface area is 204 Å². The van der Waals surface area contributed by atoms with Crippen molar-refractivity contribution in [1.29, 1.82) is 0 Å². The molecule has 0 aliphatic carbocycles. The van der Waals surface area contributed by atoms with Gasteiger partial charge in [0, 0.05) is 31.0 Å². The van der Waals surface area contributed by atoms with Gasteiger partial charge in [-0.3, -0.25) is 4.79 Å². The van der Waals surface area contributed by atoms with Crippen LogP contribution in [0.3, 0.4) is 0 Å². The van der Waals surface area contributed by atoms with Crippen molar-refractivity contribution in [3.63, 3.8) is 0 Å². The summed E-state index contributed by atoms with van der Waals surface area (Å²) in [5, 5.41) is 9.37. The molecule has 4 rings (SSSR count). The maximum atomic E-state index is 12.2. The van der Waals surface area contributed by atoms with Gasteiger partial charge in [-0.25, -0.2) is 9.78 Å². The van der Waals surface area contributed by atoms with Gasteiger partial charge in [0.2, 0.25) is 5.89 Å². The lowest BCUT2D eigenvalue weighted by Gasteiger charge is -2.18. The number of rotatable bonds is 9. The Morgan fingerprint density at radius 2 is 1.94 bits per heavy atom. The summed E-state index contributed by atoms with van der Waals surface area (Å²) in [6.07, 6.45) is 0.172. The van der Waals surface area contributed by atoms with E-state index in [1.807, 2.05) is 61.5 Å². The molecule has 2 aromatic carbocycles. The molecule has 1 aliphatic rings. The summed E-state index contributed by atoms with van der Waals surface area (Å²) in [5.74, 6) is 0.873. The molecule has 1 aromatic heterocycles. The lowest BCUT2D eigenvalue weighted by Crippen LogP contribution is -2.29. The van der Waals surface area contributed by atoms with Crippen molar-refractivity contribution in [2.45, 2.75) is 32.6 Å². The zero-order valence-electron chi connectivity index (χ0n) is 20.0. The number of carbonyl (C=O) groups is 2. The third kappa shape index (κ3) is 6.01. The van der Waals surface area contributed by atoms with Crippen LogP contribution < -0.4 is 4.74 Å². The van der Waals surface area contributed by atoms with E-state index >= 15 is 0 Å². The topological polar surface area (TPSA) is 102 Å². The number of carboxylic acid groups (broad SMARTS) is 1. The van der Waals surface area contributed by atoms with Crippen LogP contribution in [0.25, 0.3) is 11.5 Å². The number of aliphatic carboxylic acids is 1. The van der Waals surface area contributed by atoms with Gasteiger partial charge in [-0.2, -0.15) is 0 Å². The maximum absolute atomic E-state index is 12.2. The molecule has 1 saturated heterocycles. The second kappa shape index (κ2) is 11.1. The van der Waals surface area contributed by atoms with E-state index in [9.17, 15) is 14.7 Å². The summed E-state index contributed by atoms with van der Waals surface area (Å²) in [6.45, 7) is 5.13. The standard InChI is InChI=1S/C27H30N2O6/c1-3-33-27(32)29-16-21(15-25(30)31)23(17-29)20-10-7-11-22(14-20)34-13-12-24-18(2)35-26(28-24)19-8-5-4-6-9-19/h4-11,14,21,23H,3,12-13,15-17H2,1-2H3,(H,30,31)/t21-,23+/m1/s1. The fourth-order valence-electron chi connectivity index (χ4n) is 4.51. The molecule has 2 heterocycles. The van der Waals surface area contributed by atoms with Crippen LogP contribution in [0.2, 0.25) is 0 Å². The first kappa shape index (κ1) is 24.3. The van der Waals surface area contributed by atoms with Crippen LogP contribution in [0.5, 0.6) is 5.75 Å². The highest BCUT2D eigenvalue weighted by atomic mass is 16.6. The number of ether oxygens (including phenoxy) is 2. The number of aryl methyl sites for hydroxylation is 1. The van der Waals surface area contributed by atoms with Crippen molar-refractivity contribution in [3.8, 4) is 17.2 Å². The van der Waals surface area contributed by atoms with E-state index in [-0.39, 0.29) is 24.9 Å². The Hall–Kier alpha value is -3.81. The number of benzene rings is 2. The summed E-state index contributed by atoms with van der Waals surface area (Å²) >= 11 is 0. The first-order valence-corrected chi connectivity index (χ1v) is 11.8. The largest absolute Gasteiger partial charge is 0.493 e. The Bertz CT molecular complexity index is 1160. The Balaban J connectivity index is 1.41. The van der Waals surface area contributed by atoms with E-state index in [1.54, 1.807) is 11.8 Å². The first-order chi connectivity index (χ1) is 16.9. The maximum Gasteiger partial charge on any atom is 0.409 e. The van der Waals surface area contributed by atoms with E-state index in [4.69, 9.17) is 13.9 Å². The van der Waals surface area contributed by atoms with Crippen molar-refractivity contribution in [1.82, 2.24) is 9.88 Å². The summed E-state index contributed by atoms with van der Waals surface area (Å²) < 4.78 is 17.0. The Kier molecular flexibility index (Phi) is 7.70. The molecule has 8 nitrogen and oxygen atoms in total. The van der Waals surface area contributed by atoms with E-state index in [0.717, 1.165) is 22.6 Å². The normalized spacial score (nSPS) is 17.4. The third-order valence-electron chi connectivity index (χ3n) is 6.21. The number of amides is 1. The molecule has 1 aliphatic heterocycles. The first-order valence-electron chi connectivity index (χ1n) is 11.8. The van der Waals surface area contributed by atoms with Crippen molar-refractivity contribution in [2.24, 2.45) is 5.92 Å². The molecular formula is C27H30N2O6. The van der Waals surface area contributed by atoms with Crippen LogP contribution in [0.1, 0.15) is 36.3 Å². The highest BCUT2D eigenvalue weighted by Crippen LogP contribution is 2.36. The number of hydrogen-bond acceptors (Lipinski definition) is 6. The van der Waals surface area contributed by atoms with E-state index in [0.29, 0.717) is 37.8 Å². The van der Waals surface area contributed by atoms with Gasteiger partial charge < -0.3 is 23.9 Å². The fourth-order valence-corrected chi connectivity index (χ4v) is 4.51. The van der Waals surface area contributed by atoms with Crippen LogP contribution in [-0.2, 0) is 16.0 Å². The molecule has 8 heteroatoms. The van der Waals surface area contributed by atoms with Gasteiger partial charge in [-0.1, -0.05) is 30.3 Å². The van der Waals surface area contributed by atoms with Gasteiger partial charge in [0.25, 0.3) is 0 Å². The number of oxazole rings is 1. The van der Waals surface area contributed by atoms with Crippen molar-refractivity contribution in [3.05, 3.63) is 71.6 Å². The molecule has 35 heavy (non-hydrogen) atoms. The van der Waals surface area contributed by atoms with Crippen molar-refractivity contribution >= 4 is 12.1 Å². The number of nitrogens with zero attached hydrogens (tertiary/aromatic N) is 2. The lowest BCUT2D eigenvalue weighted by atomic mass is 9.87. The molecule has 0 saturated carbocycles. The average molecular weight is 479 g/mol. The third-order valence-corrected chi connectivity index (χ3v) is 6.21. The van der Waals surface area contributed by atoms with Gasteiger partial charge in [0.15, 0.2) is 0 Å². The highest BCUT2D eigenvalue weighted by Gasteiger charge is 2.38. The summed E-state index contributed by atoms with van der Waals surface area (Å²) in [4.78, 5) is 29.9. The van der Waals surface area contributed by atoms with Crippen LogP contribution in [0.15, 0.2) is 59.0 Å². The molecule has 3 aromatic rings. The molecule has 0 radical (unpaired) electrons. The number of hydrogen-bond donors (Lipinski definition) is 1. The van der Waals surface area contributed by atoms with Crippen molar-refractivity contribution in [2.75, 3.05) is 26.3 Å². The molecule has 1 fully saturated rings. The van der Waals surface area contributed by atoms with Gasteiger partial charge in [-0.15, -0.1) is 0 Å². The van der Waals surface area contributed by atoms with Gasteiger partial charge in [0.1, 0.15) is 11.5 Å². The second-order valence-electron chi connectivity index (χ2n) is 8.63. The van der Waals surface area contributed by atoms with Crippen molar-refractivity contribution < 1.29 is 28.6 Å². The molecule has 0 unspecified atom stereocenters. The molecule has 184 valence electrons. The predicted molar refractivity (Wildman–Crippen MR) is 129 cm³/mol. The molecule has 2 atom stereocenters. The zero-order chi connectivity index (χ0) is 24.8. The number of carbonyl (C=O) groups excluding carboxylic acids is 1. The fraction of sp³-hybridized carbons (Fsp3) is 0.370. The molecule has 1 N–H and O–H groups in total. The van der Waals surface area contributed by atoms with Crippen LogP contribution in [0.4, 0.5) is 4.79 Å². The predicted octanol–water partition coefficient (Wildman–Crippen LogP) is 4.92. The SMILES string of the molecule is CCOC(=O)N1C[C@@H](CC(=O)O)[C@H](c2cccc(OCCc3nc(-c4ccccc4)oc3C)c2)C1. The highest BCUT2D eigenvalue weighted by molar-refractivity contribution is 5.70. The minimum Gasteiger partial charge on any atom is -0.493 e. The van der Waals surface area contributed by atoms with E-state index in [2.05, 4.69) is 4.98 Å². The Morgan fingerprint density at radius 1 is 1.14 bits per heavy atom. The van der Waals surface area contributed by atoms with Crippen LogP contribution >= 0.6 is 0 Å². The summed E-state index contributed by atoms with van der Waals surface area (Å²) in [6, 6.07) is 17.4. The summed E-state index contributed by atoms with van der Waals surface area (Å²) in [5.41, 5.74) is 2.73. The quantitative estimate of drug-likeness (QED) is 0.466. The lowest BCUT2D eigenvalue weighted by molar-refractivity contribution is -0.138. The minimum atomic E-state index is -0.879. The minimum absolute atomic E-state index is 0.0131. The monoisotopic (exact) mass is 478 g/mol. The number of carboxylic acids is 1. The summed E-state index contributed by atoms with van der Waals surface area (Å²) in [7, 11) is 0. The van der Waals surface area contributed by atoms with Crippen LogP contribution in [0, 0.1) is 12.8 Å². The van der Waals surface area contributed by atoms with Gasteiger partial charge in [0.05, 0.1) is 25.3 Å². The van der Waals surface area contributed by atoms with Crippen LogP contribution in [-0.4, -0.2) is 53.4 Å². The van der Waals surface area contributed by atoms with Gasteiger partial charge >= 0.3 is 12.1 Å². The van der Waals surface area contributed by atoms with E-state index < -0.39 is 12.1 Å². The molecule has 0 spiro atoms. The number of aromatic nitrogens is 1. The number of likely N-dealkylation sites (tertiary alicyclic amines) is 1. The van der Waals surface area contributed by atoms with Gasteiger partial charge in [-0.05, 0) is 49.6 Å². The average Bonchev–Trinajstić information content (AvgIpc) is 3.43. The van der Waals surface area contributed by atoms with E-state index in [1.165, 1.54) is 0 Å². The Morgan fingerprint density at radius 3 is 2.69 bits per heavy atom.